The molecule has 0 aromatic carbocycles. The Hall–Kier alpha value is 1.84. The Balaban J connectivity index is 3.55. The van der Waals surface area contributed by atoms with Crippen LogP contribution in [0.2, 0.25) is 0 Å². The fourth-order valence-electron chi connectivity index (χ4n) is 1.27. The topological polar surface area (TPSA) is 36.9 Å². The van der Waals surface area contributed by atoms with E-state index in [0.717, 1.165) is 36.7 Å². The number of rotatable bonds is 13. The highest BCUT2D eigenvalue weighted by atomic mass is 33.1. The van der Waals surface area contributed by atoms with E-state index in [-0.39, 0.29) is 0 Å². The van der Waals surface area contributed by atoms with Crippen molar-refractivity contribution in [3.63, 3.8) is 0 Å². The van der Waals surface area contributed by atoms with Crippen molar-refractivity contribution in [1.29, 1.82) is 0 Å². The normalized spacial score (nSPS) is 12.8. The van der Waals surface area contributed by atoms with Crippen LogP contribution in [0, 0.1) is 0 Å². The quantitative estimate of drug-likeness (QED) is 0.257. The van der Waals surface area contributed by atoms with E-state index < -0.39 is 13.0 Å². The Bertz CT molecular complexity index is 295. The first-order valence-electron chi connectivity index (χ1n) is 6.10. The molecule has 0 bridgehead atoms. The van der Waals surface area contributed by atoms with Crippen LogP contribution in [0.4, 0.5) is 0 Å². The summed E-state index contributed by atoms with van der Waals surface area (Å²) in [5.41, 5.74) is 0. The first kappa shape index (κ1) is 21.8. The molecule has 0 aromatic rings. The summed E-state index contributed by atoms with van der Waals surface area (Å²) in [6.45, 7) is -4.01. The molecule has 0 saturated carbocycles. The molecule has 0 radical (unpaired) electrons. The summed E-state index contributed by atoms with van der Waals surface area (Å²) in [4.78, 5) is 0. The van der Waals surface area contributed by atoms with Crippen molar-refractivity contribution in [2.75, 3.05) is 52.3 Å². The van der Waals surface area contributed by atoms with Crippen LogP contribution in [0.5, 0.6) is 0 Å². The van der Waals surface area contributed by atoms with Gasteiger partial charge in [-0.3, -0.25) is 0 Å². The highest BCUT2D eigenvalue weighted by Gasteiger charge is 2.15. The van der Waals surface area contributed by atoms with Gasteiger partial charge in [-0.15, -0.1) is 0 Å². The van der Waals surface area contributed by atoms with Gasteiger partial charge in [0.05, 0.1) is 0 Å². The minimum absolute atomic E-state index is 0.830. The van der Waals surface area contributed by atoms with Gasteiger partial charge in [0, 0.05) is 52.3 Å². The van der Waals surface area contributed by atoms with Crippen molar-refractivity contribution in [3.8, 4) is 0 Å². The fraction of sp³-hybridized carbons (Fsp3) is 1.00. The Morgan fingerprint density at radius 2 is 1.00 bits per heavy atom. The van der Waals surface area contributed by atoms with Gasteiger partial charge in [-0.2, -0.15) is 0 Å². The summed E-state index contributed by atoms with van der Waals surface area (Å²) in [6.07, 6.45) is 3.70. The smallest absolute Gasteiger partial charge is 0.188 e. The molecule has 0 aliphatic carbocycles. The zero-order valence-corrected chi connectivity index (χ0v) is 17.5. The Morgan fingerprint density at radius 3 is 1.25 bits per heavy atom. The summed E-state index contributed by atoms with van der Waals surface area (Å²) >= 11 is 10.6. The molecule has 122 valence electrons. The van der Waals surface area contributed by atoms with Crippen LogP contribution in [0.3, 0.4) is 0 Å². The largest absolute Gasteiger partial charge is 0.333 e. The van der Waals surface area contributed by atoms with E-state index in [1.165, 1.54) is 0 Å². The Labute approximate surface area is 141 Å². The maximum atomic E-state index is 5.31. The van der Waals surface area contributed by atoms with Crippen LogP contribution in [-0.4, -0.2) is 52.3 Å². The van der Waals surface area contributed by atoms with Crippen molar-refractivity contribution in [2.45, 2.75) is 12.8 Å². The van der Waals surface area contributed by atoms with Crippen LogP contribution in [0.25, 0.3) is 0 Å². The average Bonchev–Trinajstić information content (AvgIpc) is 2.49. The molecular weight excluding hydrogens is 374 g/mol. The summed E-state index contributed by atoms with van der Waals surface area (Å²) in [6, 6.07) is 0. The molecule has 0 fully saturated rings. The van der Waals surface area contributed by atoms with Crippen molar-refractivity contribution in [1.82, 2.24) is 0 Å². The van der Waals surface area contributed by atoms with Gasteiger partial charge in [-0.25, -0.2) is 0 Å². The summed E-state index contributed by atoms with van der Waals surface area (Å²) in [7, 11) is 10.2. The van der Waals surface area contributed by atoms with E-state index in [1.54, 1.807) is 28.4 Å². The first-order valence-corrected chi connectivity index (χ1v) is 14.2. The molecule has 0 aliphatic heterocycles. The third-order valence-electron chi connectivity index (χ3n) is 2.52. The number of hydrogen-bond donors (Lipinski definition) is 0. The lowest BCUT2D eigenvalue weighted by Gasteiger charge is -2.17. The van der Waals surface area contributed by atoms with Crippen molar-refractivity contribution in [3.05, 3.63) is 0 Å². The van der Waals surface area contributed by atoms with Gasteiger partial charge >= 0.3 is 0 Å². The highest BCUT2D eigenvalue weighted by molar-refractivity contribution is 8.76. The van der Waals surface area contributed by atoms with Crippen molar-refractivity contribution in [2.24, 2.45) is 0 Å². The molecule has 0 spiro atoms. The van der Waals surface area contributed by atoms with Gasteiger partial charge in [0.2, 0.25) is 0 Å². The summed E-state index contributed by atoms with van der Waals surface area (Å²) in [5.74, 6) is 2.11. The van der Waals surface area contributed by atoms with Gasteiger partial charge in [0.25, 0.3) is 0 Å². The second kappa shape index (κ2) is 12.3. The zero-order chi connectivity index (χ0) is 15.5. The lowest BCUT2D eigenvalue weighted by atomic mass is 10.6. The Morgan fingerprint density at radius 1 is 0.700 bits per heavy atom. The monoisotopic (exact) mass is 398 g/mol. The Kier molecular flexibility index (Phi) is 13.4. The second-order valence-electron chi connectivity index (χ2n) is 3.75. The minimum Gasteiger partial charge on any atom is -0.333 e. The molecule has 0 saturated heterocycles. The third kappa shape index (κ3) is 9.78. The van der Waals surface area contributed by atoms with E-state index in [1.807, 2.05) is 21.6 Å². The maximum Gasteiger partial charge on any atom is 0.188 e. The van der Waals surface area contributed by atoms with E-state index in [4.69, 9.17) is 41.7 Å². The van der Waals surface area contributed by atoms with Gasteiger partial charge in [0.15, 0.2) is 13.0 Å². The molecule has 4 nitrogen and oxygen atoms in total. The van der Waals surface area contributed by atoms with E-state index in [0.29, 0.717) is 0 Å². The lowest BCUT2D eigenvalue weighted by Crippen LogP contribution is -1.96. The van der Waals surface area contributed by atoms with Gasteiger partial charge in [0.1, 0.15) is 0 Å². The third-order valence-corrected chi connectivity index (χ3v) is 11.9. The molecule has 0 amide bonds. The molecule has 0 aliphatic rings. The molecular formula is C10H24O4P2S4. The molecule has 10 heteroatoms. The zero-order valence-electron chi connectivity index (χ0n) is 12.4. The summed E-state index contributed by atoms with van der Waals surface area (Å²) in [5, 5.41) is 0. The van der Waals surface area contributed by atoms with Gasteiger partial charge in [-0.1, -0.05) is 21.6 Å². The molecule has 0 aromatic heterocycles. The molecule has 20 heavy (non-hydrogen) atoms. The van der Waals surface area contributed by atoms with Gasteiger partial charge < -0.3 is 18.1 Å². The fourth-order valence-corrected chi connectivity index (χ4v) is 6.76. The second-order valence-corrected chi connectivity index (χ2v) is 14.6. The summed E-state index contributed by atoms with van der Waals surface area (Å²) < 4.78 is 21.0. The predicted octanol–water partition coefficient (Wildman–Crippen LogP) is 4.35. The van der Waals surface area contributed by atoms with Crippen LogP contribution in [0.1, 0.15) is 12.8 Å². The molecule has 0 atom stereocenters. The van der Waals surface area contributed by atoms with Crippen LogP contribution in [0.15, 0.2) is 0 Å². The van der Waals surface area contributed by atoms with E-state index >= 15 is 0 Å². The molecule has 0 N–H and O–H groups in total. The molecule has 0 unspecified atom stereocenters. The van der Waals surface area contributed by atoms with E-state index in [9.17, 15) is 0 Å². The highest BCUT2D eigenvalue weighted by Crippen LogP contribution is 2.48. The SMILES string of the molecule is COP(=S)(CCCSSCCCP(=S)(OC)OC)OC. The first-order chi connectivity index (χ1) is 9.45. The number of hydrogen-bond acceptors (Lipinski definition) is 8. The van der Waals surface area contributed by atoms with Crippen LogP contribution >= 0.6 is 34.6 Å². The molecule has 0 heterocycles. The van der Waals surface area contributed by atoms with E-state index in [2.05, 4.69) is 0 Å². The van der Waals surface area contributed by atoms with Gasteiger partial charge in [-0.05, 0) is 36.5 Å². The minimum atomic E-state index is -2.00. The van der Waals surface area contributed by atoms with Crippen molar-refractivity contribution >= 4 is 58.2 Å². The maximum absolute atomic E-state index is 5.31. The van der Waals surface area contributed by atoms with Crippen LogP contribution in [-0.2, 0) is 41.7 Å². The molecule has 0 rings (SSSR count). The van der Waals surface area contributed by atoms with Crippen molar-refractivity contribution < 1.29 is 18.1 Å². The van der Waals surface area contributed by atoms with Crippen LogP contribution < -0.4 is 0 Å². The standard InChI is InChI=1S/C10H24O4P2S4/c1-11-15(17,12-2)7-5-9-19-20-10-6-8-16(18,13-3)14-4/h5-10H2,1-4H3. The predicted molar refractivity (Wildman–Crippen MR) is 100 cm³/mol. The lowest BCUT2D eigenvalue weighted by molar-refractivity contribution is 0.336. The average molecular weight is 399 g/mol.